The average molecular weight is 625 g/mol. The lowest BCUT2D eigenvalue weighted by atomic mass is 10.0. The number of nitrogens with zero attached hydrogens (tertiary/aromatic N) is 2. The SMILES string of the molecule is CC(C)CNC(=O)C(Cc1ccccc1)N(Cc1ccc(Cl)cc1Cl)C(=O)CN(C)S(=O)(=O)c1ccc(Cl)cc1. The van der Waals surface area contributed by atoms with Crippen LogP contribution < -0.4 is 5.32 Å². The molecule has 0 bridgehead atoms. The molecule has 0 aliphatic heterocycles. The van der Waals surface area contributed by atoms with Crippen LogP contribution in [0.15, 0.2) is 77.7 Å². The van der Waals surface area contributed by atoms with Crippen molar-refractivity contribution in [3.63, 3.8) is 0 Å². The van der Waals surface area contributed by atoms with Gasteiger partial charge in [0.05, 0.1) is 11.4 Å². The Morgan fingerprint density at radius 2 is 1.52 bits per heavy atom. The molecule has 7 nitrogen and oxygen atoms in total. The maximum absolute atomic E-state index is 13.9. The molecule has 1 unspecified atom stereocenters. The van der Waals surface area contributed by atoms with Crippen LogP contribution >= 0.6 is 34.8 Å². The van der Waals surface area contributed by atoms with Crippen LogP contribution in [0.5, 0.6) is 0 Å². The van der Waals surface area contributed by atoms with Gasteiger partial charge in [-0.1, -0.05) is 85.0 Å². The van der Waals surface area contributed by atoms with E-state index in [2.05, 4.69) is 5.32 Å². The Morgan fingerprint density at radius 1 is 0.900 bits per heavy atom. The average Bonchev–Trinajstić information content (AvgIpc) is 2.91. The molecule has 3 aromatic carbocycles. The van der Waals surface area contributed by atoms with Crippen LogP contribution in [-0.4, -0.2) is 55.6 Å². The normalized spacial score (nSPS) is 12.4. The van der Waals surface area contributed by atoms with E-state index in [-0.39, 0.29) is 29.7 Å². The molecule has 0 saturated heterocycles. The predicted molar refractivity (Wildman–Crippen MR) is 160 cm³/mol. The van der Waals surface area contributed by atoms with E-state index < -0.39 is 28.5 Å². The van der Waals surface area contributed by atoms with Gasteiger partial charge >= 0.3 is 0 Å². The second-order valence-electron chi connectivity index (χ2n) is 9.82. The van der Waals surface area contributed by atoms with Gasteiger partial charge in [-0.2, -0.15) is 4.31 Å². The van der Waals surface area contributed by atoms with E-state index in [4.69, 9.17) is 34.8 Å². The molecule has 3 rings (SSSR count). The molecule has 0 radical (unpaired) electrons. The summed E-state index contributed by atoms with van der Waals surface area (Å²) in [5, 5.41) is 4.07. The van der Waals surface area contributed by atoms with Gasteiger partial charge in [-0.3, -0.25) is 9.59 Å². The molecule has 40 heavy (non-hydrogen) atoms. The highest BCUT2D eigenvalue weighted by molar-refractivity contribution is 7.89. The Balaban J connectivity index is 1.99. The van der Waals surface area contributed by atoms with Crippen LogP contribution in [-0.2, 0) is 32.6 Å². The molecule has 2 amide bonds. The molecule has 0 aliphatic carbocycles. The third-order valence-corrected chi connectivity index (χ3v) is 8.85. The molecule has 3 aromatic rings. The molecule has 0 saturated carbocycles. The van der Waals surface area contributed by atoms with E-state index >= 15 is 0 Å². The van der Waals surface area contributed by atoms with Gasteiger partial charge in [-0.05, 0) is 53.4 Å². The maximum Gasteiger partial charge on any atom is 0.243 e. The lowest BCUT2D eigenvalue weighted by Gasteiger charge is -2.33. The van der Waals surface area contributed by atoms with Crippen molar-refractivity contribution in [1.82, 2.24) is 14.5 Å². The first kappa shape index (κ1) is 31.9. The van der Waals surface area contributed by atoms with Crippen LogP contribution in [0.3, 0.4) is 0 Å². The highest BCUT2D eigenvalue weighted by Crippen LogP contribution is 2.25. The molecule has 0 fully saturated rings. The highest BCUT2D eigenvalue weighted by Gasteiger charge is 2.33. The number of hydrogen-bond acceptors (Lipinski definition) is 4. The van der Waals surface area contributed by atoms with Crippen LogP contribution in [0.2, 0.25) is 15.1 Å². The zero-order chi connectivity index (χ0) is 29.4. The van der Waals surface area contributed by atoms with E-state index in [0.29, 0.717) is 27.2 Å². The van der Waals surface area contributed by atoms with E-state index in [1.54, 1.807) is 18.2 Å². The molecule has 0 aliphatic rings. The summed E-state index contributed by atoms with van der Waals surface area (Å²) >= 11 is 18.5. The maximum atomic E-state index is 13.9. The van der Waals surface area contributed by atoms with Crippen LogP contribution in [0.1, 0.15) is 25.0 Å². The smallest absolute Gasteiger partial charge is 0.243 e. The Bertz CT molecular complexity index is 1420. The van der Waals surface area contributed by atoms with Crippen LogP contribution in [0.4, 0.5) is 0 Å². The van der Waals surface area contributed by atoms with Gasteiger partial charge in [-0.15, -0.1) is 0 Å². The minimum Gasteiger partial charge on any atom is -0.354 e. The summed E-state index contributed by atoms with van der Waals surface area (Å²) in [5.74, 6) is -0.724. The van der Waals surface area contributed by atoms with Crippen molar-refractivity contribution in [2.24, 2.45) is 5.92 Å². The zero-order valence-corrected chi connectivity index (χ0v) is 25.6. The lowest BCUT2D eigenvalue weighted by molar-refractivity contribution is -0.141. The summed E-state index contributed by atoms with van der Waals surface area (Å²) in [6.07, 6.45) is 0.218. The van der Waals surface area contributed by atoms with Gasteiger partial charge in [0.15, 0.2) is 0 Å². The molecule has 214 valence electrons. The fourth-order valence-corrected chi connectivity index (χ4v) is 5.68. The van der Waals surface area contributed by atoms with Crippen LogP contribution in [0, 0.1) is 5.92 Å². The molecule has 0 spiro atoms. The highest BCUT2D eigenvalue weighted by atomic mass is 35.5. The number of carbonyl (C=O) groups excluding carboxylic acids is 2. The molecule has 1 atom stereocenters. The predicted octanol–water partition coefficient (Wildman–Crippen LogP) is 5.68. The second-order valence-corrected chi connectivity index (χ2v) is 13.1. The van der Waals surface area contributed by atoms with Crippen molar-refractivity contribution in [2.75, 3.05) is 20.1 Å². The first-order valence-electron chi connectivity index (χ1n) is 12.7. The molecular weight excluding hydrogens is 593 g/mol. The standard InChI is InChI=1S/C29H32Cl3N3O4S/c1-20(2)17-33-29(37)27(15-21-7-5-4-6-8-21)35(18-22-9-10-24(31)16-26(22)32)28(36)19-34(3)40(38,39)25-13-11-23(30)12-14-25/h4-14,16,20,27H,15,17-19H2,1-3H3,(H,33,37). The molecule has 1 N–H and O–H groups in total. The van der Waals surface area contributed by atoms with Gasteiger partial charge in [-0.25, -0.2) is 8.42 Å². The Hall–Kier alpha value is -2.62. The number of nitrogens with one attached hydrogen (secondary N) is 1. The quantitative estimate of drug-likeness (QED) is 0.281. The summed E-state index contributed by atoms with van der Waals surface area (Å²) in [4.78, 5) is 28.8. The van der Waals surface area contributed by atoms with Crippen molar-refractivity contribution in [3.05, 3.63) is 99.0 Å². The molecule has 0 aromatic heterocycles. The number of carbonyl (C=O) groups is 2. The summed E-state index contributed by atoms with van der Waals surface area (Å²) in [6.45, 7) is 3.83. The van der Waals surface area contributed by atoms with Gasteiger partial charge in [0, 0.05) is 41.6 Å². The Morgan fingerprint density at radius 3 is 2.12 bits per heavy atom. The second kappa shape index (κ2) is 14.3. The van der Waals surface area contributed by atoms with Crippen molar-refractivity contribution >= 4 is 56.6 Å². The van der Waals surface area contributed by atoms with Crippen molar-refractivity contribution in [1.29, 1.82) is 0 Å². The third kappa shape index (κ3) is 8.69. The minimum absolute atomic E-state index is 0.00462. The number of rotatable bonds is 12. The summed E-state index contributed by atoms with van der Waals surface area (Å²) in [6, 6.07) is 19.0. The first-order valence-corrected chi connectivity index (χ1v) is 15.2. The van der Waals surface area contributed by atoms with Gasteiger partial charge in [0.1, 0.15) is 6.04 Å². The van der Waals surface area contributed by atoms with E-state index in [9.17, 15) is 18.0 Å². The number of likely N-dealkylation sites (N-methyl/N-ethyl adjacent to an activating group) is 1. The lowest BCUT2D eigenvalue weighted by Crippen LogP contribution is -2.53. The van der Waals surface area contributed by atoms with Crippen molar-refractivity contribution < 1.29 is 18.0 Å². The Labute approximate surface area is 251 Å². The van der Waals surface area contributed by atoms with Crippen molar-refractivity contribution in [3.8, 4) is 0 Å². The topological polar surface area (TPSA) is 86.8 Å². The summed E-state index contributed by atoms with van der Waals surface area (Å²) in [5.41, 5.74) is 1.41. The van der Waals surface area contributed by atoms with E-state index in [0.717, 1.165) is 9.87 Å². The Kier molecular flexibility index (Phi) is 11.4. The fraction of sp³-hybridized carbons (Fsp3) is 0.310. The largest absolute Gasteiger partial charge is 0.354 e. The van der Waals surface area contributed by atoms with Gasteiger partial charge in [0.25, 0.3) is 0 Å². The minimum atomic E-state index is -4.01. The zero-order valence-electron chi connectivity index (χ0n) is 22.5. The number of halogens is 3. The van der Waals surface area contributed by atoms with Crippen LogP contribution in [0.25, 0.3) is 0 Å². The fourth-order valence-electron chi connectivity index (χ4n) is 3.96. The molecule has 11 heteroatoms. The van der Waals surface area contributed by atoms with Gasteiger partial charge < -0.3 is 10.2 Å². The van der Waals surface area contributed by atoms with Gasteiger partial charge in [0.2, 0.25) is 21.8 Å². The monoisotopic (exact) mass is 623 g/mol. The molecular formula is C29H32Cl3N3O4S. The number of benzene rings is 3. The number of amides is 2. The van der Waals surface area contributed by atoms with Crippen molar-refractivity contribution in [2.45, 2.75) is 37.8 Å². The van der Waals surface area contributed by atoms with E-state index in [1.807, 2.05) is 44.2 Å². The third-order valence-electron chi connectivity index (χ3n) is 6.19. The number of sulfonamides is 1. The molecule has 0 heterocycles. The number of hydrogen-bond donors (Lipinski definition) is 1. The first-order chi connectivity index (χ1) is 18.9. The summed E-state index contributed by atoms with van der Waals surface area (Å²) in [7, 11) is -2.69. The summed E-state index contributed by atoms with van der Waals surface area (Å²) < 4.78 is 27.4. The van der Waals surface area contributed by atoms with E-state index in [1.165, 1.54) is 36.2 Å².